The minimum Gasteiger partial charge on any atom is -0.378 e. The number of benzene rings is 1. The summed E-state index contributed by atoms with van der Waals surface area (Å²) in [5.74, 6) is 0.215. The van der Waals surface area contributed by atoms with Crippen molar-refractivity contribution in [2.45, 2.75) is 19.3 Å². The zero-order valence-corrected chi connectivity index (χ0v) is 15.6. The number of amides is 2. The summed E-state index contributed by atoms with van der Waals surface area (Å²) in [6.07, 6.45) is 3.16. The van der Waals surface area contributed by atoms with Gasteiger partial charge in [0.1, 0.15) is 0 Å². The van der Waals surface area contributed by atoms with E-state index in [9.17, 15) is 9.59 Å². The fourth-order valence-corrected chi connectivity index (χ4v) is 4.10. The highest BCUT2D eigenvalue weighted by Crippen LogP contribution is 2.58. The average molecular weight is 380 g/mol. The number of ether oxygens (including phenoxy) is 1. The lowest BCUT2D eigenvalue weighted by atomic mass is 9.92. The summed E-state index contributed by atoms with van der Waals surface area (Å²) in [4.78, 5) is 27.0. The number of morpholine rings is 1. The van der Waals surface area contributed by atoms with Crippen LogP contribution in [0.5, 0.6) is 0 Å². The predicted molar refractivity (Wildman–Crippen MR) is 102 cm³/mol. The molecule has 6 nitrogen and oxygen atoms in total. The molecule has 3 aliphatic rings. The molecule has 26 heavy (non-hydrogen) atoms. The van der Waals surface area contributed by atoms with Crippen molar-refractivity contribution in [3.63, 3.8) is 0 Å². The van der Waals surface area contributed by atoms with E-state index in [1.807, 2.05) is 12.1 Å². The topological polar surface area (TPSA) is 70.7 Å². The third kappa shape index (κ3) is 3.87. The molecular weight excluding hydrogens is 354 g/mol. The maximum atomic E-state index is 12.6. The summed E-state index contributed by atoms with van der Waals surface area (Å²) in [7, 11) is 0. The second-order valence-electron chi connectivity index (χ2n) is 7.34. The molecule has 1 aromatic rings. The van der Waals surface area contributed by atoms with Gasteiger partial charge in [0.15, 0.2) is 0 Å². The van der Waals surface area contributed by atoms with Crippen molar-refractivity contribution >= 4 is 29.9 Å². The minimum absolute atomic E-state index is 0. The number of carbonyl (C=O) groups excluding carboxylic acids is 2. The molecule has 1 spiro atoms. The molecular formula is C19H26ClN3O3. The molecule has 0 bridgehead atoms. The van der Waals surface area contributed by atoms with E-state index in [0.29, 0.717) is 37.6 Å². The highest BCUT2D eigenvalue weighted by Gasteiger charge is 2.57. The smallest absolute Gasteiger partial charge is 0.254 e. The van der Waals surface area contributed by atoms with E-state index in [1.54, 1.807) is 17.0 Å². The van der Waals surface area contributed by atoms with Crippen LogP contribution in [0, 0.1) is 11.3 Å². The van der Waals surface area contributed by atoms with Crippen LogP contribution in [0.25, 0.3) is 0 Å². The standard InChI is InChI=1S/C19H25N3O3.ClH/c23-17(16-13-19(16)4-6-20-7-5-19)21-15-3-1-2-14(12-15)18(24)22-8-10-25-11-9-22;/h1-3,12,16,20H,4-11,13H2,(H,21,23);1H. The zero-order valence-electron chi connectivity index (χ0n) is 14.8. The van der Waals surface area contributed by atoms with Crippen LogP contribution in [0.1, 0.15) is 29.6 Å². The Morgan fingerprint density at radius 2 is 1.92 bits per heavy atom. The van der Waals surface area contributed by atoms with Gasteiger partial charge in [0.25, 0.3) is 5.91 Å². The maximum absolute atomic E-state index is 12.6. The van der Waals surface area contributed by atoms with E-state index >= 15 is 0 Å². The quantitative estimate of drug-likeness (QED) is 0.841. The predicted octanol–water partition coefficient (Wildman–Crippen LogP) is 1.91. The van der Waals surface area contributed by atoms with Crippen LogP contribution in [0.3, 0.4) is 0 Å². The third-order valence-electron chi connectivity index (χ3n) is 5.78. The molecule has 0 aromatic heterocycles. The molecule has 2 aliphatic heterocycles. The molecule has 1 atom stereocenters. The van der Waals surface area contributed by atoms with E-state index in [0.717, 1.165) is 32.4 Å². The largest absolute Gasteiger partial charge is 0.378 e. The maximum Gasteiger partial charge on any atom is 0.254 e. The van der Waals surface area contributed by atoms with Crippen molar-refractivity contribution in [1.29, 1.82) is 0 Å². The van der Waals surface area contributed by atoms with Gasteiger partial charge in [0.2, 0.25) is 5.91 Å². The van der Waals surface area contributed by atoms with Crippen LogP contribution in [0.4, 0.5) is 5.69 Å². The lowest BCUT2D eigenvalue weighted by Crippen LogP contribution is -2.40. The van der Waals surface area contributed by atoms with Gasteiger partial charge in [-0.25, -0.2) is 0 Å². The molecule has 2 amide bonds. The first-order chi connectivity index (χ1) is 12.2. The summed E-state index contributed by atoms with van der Waals surface area (Å²) in [5.41, 5.74) is 1.54. The van der Waals surface area contributed by atoms with Crippen molar-refractivity contribution in [1.82, 2.24) is 10.2 Å². The minimum atomic E-state index is 0. The summed E-state index contributed by atoms with van der Waals surface area (Å²) in [5, 5.41) is 6.38. The van der Waals surface area contributed by atoms with Gasteiger partial charge < -0.3 is 20.3 Å². The van der Waals surface area contributed by atoms with Crippen LogP contribution < -0.4 is 10.6 Å². The first-order valence-electron chi connectivity index (χ1n) is 9.17. The molecule has 1 aliphatic carbocycles. The molecule has 7 heteroatoms. The fourth-order valence-electron chi connectivity index (χ4n) is 4.10. The Hall–Kier alpha value is -1.63. The van der Waals surface area contributed by atoms with E-state index in [-0.39, 0.29) is 35.6 Å². The first-order valence-corrected chi connectivity index (χ1v) is 9.17. The van der Waals surface area contributed by atoms with E-state index < -0.39 is 0 Å². The number of rotatable bonds is 3. The molecule has 2 saturated heterocycles. The molecule has 2 heterocycles. The van der Waals surface area contributed by atoms with Gasteiger partial charge >= 0.3 is 0 Å². The highest BCUT2D eigenvalue weighted by molar-refractivity contribution is 5.98. The third-order valence-corrected chi connectivity index (χ3v) is 5.78. The highest BCUT2D eigenvalue weighted by atomic mass is 35.5. The van der Waals surface area contributed by atoms with E-state index in [1.165, 1.54) is 0 Å². The molecule has 1 aromatic carbocycles. The number of hydrogen-bond donors (Lipinski definition) is 2. The summed E-state index contributed by atoms with van der Waals surface area (Å²) >= 11 is 0. The number of halogens is 1. The molecule has 0 radical (unpaired) electrons. The van der Waals surface area contributed by atoms with Gasteiger partial charge in [-0.1, -0.05) is 6.07 Å². The molecule has 3 fully saturated rings. The Labute approximate surface area is 160 Å². The molecule has 142 valence electrons. The lowest BCUT2D eigenvalue weighted by Gasteiger charge is -2.27. The second-order valence-corrected chi connectivity index (χ2v) is 7.34. The molecule has 1 unspecified atom stereocenters. The zero-order chi connectivity index (χ0) is 17.3. The second kappa shape index (κ2) is 7.94. The number of nitrogens with zero attached hydrogens (tertiary/aromatic N) is 1. The summed E-state index contributed by atoms with van der Waals surface area (Å²) in [6, 6.07) is 7.27. The van der Waals surface area contributed by atoms with Crippen molar-refractivity contribution < 1.29 is 14.3 Å². The Morgan fingerprint density at radius 3 is 2.65 bits per heavy atom. The Balaban J connectivity index is 0.00000196. The number of hydrogen-bond acceptors (Lipinski definition) is 4. The van der Waals surface area contributed by atoms with Crippen LogP contribution in [0.2, 0.25) is 0 Å². The van der Waals surface area contributed by atoms with Gasteiger partial charge in [0, 0.05) is 30.3 Å². The normalized spacial score (nSPS) is 23.8. The fraction of sp³-hybridized carbons (Fsp3) is 0.579. The number of piperidine rings is 1. The van der Waals surface area contributed by atoms with Crippen molar-refractivity contribution in [2.75, 3.05) is 44.7 Å². The summed E-state index contributed by atoms with van der Waals surface area (Å²) < 4.78 is 5.29. The van der Waals surface area contributed by atoms with Crippen molar-refractivity contribution in [2.24, 2.45) is 11.3 Å². The van der Waals surface area contributed by atoms with Crippen LogP contribution in [-0.4, -0.2) is 56.1 Å². The van der Waals surface area contributed by atoms with E-state index in [4.69, 9.17) is 4.74 Å². The SMILES string of the molecule is Cl.O=C(Nc1cccc(C(=O)N2CCOCC2)c1)C1CC12CCNCC2. The van der Waals surface area contributed by atoms with Crippen LogP contribution in [-0.2, 0) is 9.53 Å². The molecule has 2 N–H and O–H groups in total. The summed E-state index contributed by atoms with van der Waals surface area (Å²) in [6.45, 7) is 4.42. The first kappa shape index (κ1) is 19.1. The lowest BCUT2D eigenvalue weighted by molar-refractivity contribution is -0.118. The van der Waals surface area contributed by atoms with Crippen LogP contribution in [0.15, 0.2) is 24.3 Å². The van der Waals surface area contributed by atoms with Gasteiger partial charge in [-0.3, -0.25) is 9.59 Å². The van der Waals surface area contributed by atoms with Gasteiger partial charge in [0.05, 0.1) is 13.2 Å². The van der Waals surface area contributed by atoms with Gasteiger partial charge in [-0.15, -0.1) is 12.4 Å². The Morgan fingerprint density at radius 1 is 1.19 bits per heavy atom. The molecule has 1 saturated carbocycles. The van der Waals surface area contributed by atoms with E-state index in [2.05, 4.69) is 10.6 Å². The molecule has 4 rings (SSSR count). The Kier molecular flexibility index (Phi) is 5.85. The Bertz CT molecular complexity index is 670. The van der Waals surface area contributed by atoms with Gasteiger partial charge in [-0.05, 0) is 56.0 Å². The van der Waals surface area contributed by atoms with Gasteiger partial charge in [-0.2, -0.15) is 0 Å². The number of anilines is 1. The average Bonchev–Trinajstić information content (AvgIpc) is 3.35. The number of carbonyl (C=O) groups is 2. The van der Waals surface area contributed by atoms with Crippen LogP contribution >= 0.6 is 12.4 Å². The van der Waals surface area contributed by atoms with Crippen molar-refractivity contribution in [3.8, 4) is 0 Å². The number of nitrogens with one attached hydrogen (secondary N) is 2. The van der Waals surface area contributed by atoms with Crippen molar-refractivity contribution in [3.05, 3.63) is 29.8 Å². The monoisotopic (exact) mass is 379 g/mol.